The smallest absolute Gasteiger partial charge is 0.275 e. The van der Waals surface area contributed by atoms with Gasteiger partial charge in [-0.2, -0.15) is 0 Å². The highest BCUT2D eigenvalue weighted by molar-refractivity contribution is 7.09. The molecule has 2 saturated carbocycles. The van der Waals surface area contributed by atoms with Crippen LogP contribution < -0.4 is 5.32 Å². The standard InChI is InChI=1S/C23H31N3OS/c1-15-10-16(2)12-18(11-15)19-8-9-24-13-20(19)25-22(27)21-14-28-23(26-21)17-6-4-3-5-7-17/h8-9,13-18H,3-7,10-12H2,1-2H3,(H,25,27)/t15-,16+,18?. The predicted octanol–water partition coefficient (Wildman–Crippen LogP) is 6.38. The molecule has 2 heterocycles. The van der Waals surface area contributed by atoms with Crippen molar-refractivity contribution in [3.05, 3.63) is 40.1 Å². The third-order valence-corrected chi connectivity index (χ3v) is 7.44. The van der Waals surface area contributed by atoms with Crippen molar-refractivity contribution in [3.8, 4) is 0 Å². The van der Waals surface area contributed by atoms with Gasteiger partial charge in [-0.3, -0.25) is 9.78 Å². The van der Waals surface area contributed by atoms with Crippen LogP contribution in [0, 0.1) is 11.8 Å². The number of rotatable bonds is 4. The summed E-state index contributed by atoms with van der Waals surface area (Å²) in [5, 5.41) is 6.16. The highest BCUT2D eigenvalue weighted by Crippen LogP contribution is 2.41. The van der Waals surface area contributed by atoms with E-state index in [4.69, 9.17) is 0 Å². The Kier molecular flexibility index (Phi) is 6.10. The van der Waals surface area contributed by atoms with E-state index in [9.17, 15) is 4.79 Å². The Morgan fingerprint density at radius 1 is 1.07 bits per heavy atom. The molecule has 2 fully saturated rings. The van der Waals surface area contributed by atoms with Crippen molar-refractivity contribution in [2.24, 2.45) is 11.8 Å². The summed E-state index contributed by atoms with van der Waals surface area (Å²) in [5.41, 5.74) is 2.63. The molecular formula is C23H31N3OS. The molecule has 28 heavy (non-hydrogen) atoms. The van der Waals surface area contributed by atoms with Crippen LogP contribution in [0.3, 0.4) is 0 Å². The first-order valence-corrected chi connectivity index (χ1v) is 11.7. The summed E-state index contributed by atoms with van der Waals surface area (Å²) >= 11 is 1.64. The molecule has 2 aliphatic carbocycles. The molecule has 2 aliphatic rings. The summed E-state index contributed by atoms with van der Waals surface area (Å²) in [6, 6.07) is 2.08. The third kappa shape index (κ3) is 4.45. The van der Waals surface area contributed by atoms with E-state index in [1.54, 1.807) is 17.5 Å². The molecule has 4 rings (SSSR count). The van der Waals surface area contributed by atoms with Crippen molar-refractivity contribution in [2.45, 2.75) is 77.0 Å². The molecular weight excluding hydrogens is 366 g/mol. The van der Waals surface area contributed by atoms with Gasteiger partial charge in [0.25, 0.3) is 5.91 Å². The molecule has 3 atom stereocenters. The number of carbonyl (C=O) groups is 1. The van der Waals surface area contributed by atoms with Crippen LogP contribution >= 0.6 is 11.3 Å². The first-order chi connectivity index (χ1) is 13.6. The maximum atomic E-state index is 12.9. The fourth-order valence-corrected chi connectivity index (χ4v) is 6.15. The normalized spacial score (nSPS) is 26.1. The van der Waals surface area contributed by atoms with E-state index in [1.807, 2.05) is 11.6 Å². The Morgan fingerprint density at radius 2 is 1.82 bits per heavy atom. The number of nitrogens with one attached hydrogen (secondary N) is 1. The summed E-state index contributed by atoms with van der Waals surface area (Å²) in [6.45, 7) is 4.67. The molecule has 0 spiro atoms. The maximum absolute atomic E-state index is 12.9. The van der Waals surface area contributed by atoms with Crippen molar-refractivity contribution in [1.29, 1.82) is 0 Å². The van der Waals surface area contributed by atoms with Crippen LogP contribution in [0.25, 0.3) is 0 Å². The molecule has 0 radical (unpaired) electrons. The summed E-state index contributed by atoms with van der Waals surface area (Å²) < 4.78 is 0. The lowest BCUT2D eigenvalue weighted by atomic mass is 9.74. The molecule has 1 amide bonds. The Balaban J connectivity index is 1.48. The van der Waals surface area contributed by atoms with Crippen LogP contribution in [0.15, 0.2) is 23.8 Å². The minimum absolute atomic E-state index is 0.107. The second-order valence-corrected chi connectivity index (χ2v) is 9.83. The Morgan fingerprint density at radius 3 is 2.57 bits per heavy atom. The maximum Gasteiger partial charge on any atom is 0.275 e. The first-order valence-electron chi connectivity index (χ1n) is 10.8. The van der Waals surface area contributed by atoms with Gasteiger partial charge >= 0.3 is 0 Å². The van der Waals surface area contributed by atoms with Gasteiger partial charge in [-0.25, -0.2) is 4.98 Å². The van der Waals surface area contributed by atoms with Gasteiger partial charge < -0.3 is 5.32 Å². The third-order valence-electron chi connectivity index (χ3n) is 6.43. The molecule has 2 aromatic rings. The van der Waals surface area contributed by atoms with Crippen molar-refractivity contribution in [1.82, 2.24) is 9.97 Å². The largest absolute Gasteiger partial charge is 0.319 e. The quantitative estimate of drug-likeness (QED) is 0.651. The zero-order valence-corrected chi connectivity index (χ0v) is 17.8. The fourth-order valence-electron chi connectivity index (χ4n) is 5.18. The van der Waals surface area contributed by atoms with Crippen LogP contribution in [-0.2, 0) is 0 Å². The van der Waals surface area contributed by atoms with Gasteiger partial charge in [0.1, 0.15) is 5.69 Å². The molecule has 150 valence electrons. The van der Waals surface area contributed by atoms with Crippen molar-refractivity contribution in [3.63, 3.8) is 0 Å². The second-order valence-electron chi connectivity index (χ2n) is 8.94. The highest BCUT2D eigenvalue weighted by Gasteiger charge is 2.27. The number of amides is 1. The van der Waals surface area contributed by atoms with E-state index < -0.39 is 0 Å². The monoisotopic (exact) mass is 397 g/mol. The Bertz CT molecular complexity index is 802. The molecule has 2 aromatic heterocycles. The minimum Gasteiger partial charge on any atom is -0.319 e. The van der Waals surface area contributed by atoms with Gasteiger partial charge in [0.05, 0.1) is 16.9 Å². The zero-order chi connectivity index (χ0) is 19.5. The number of thiazole rings is 1. The van der Waals surface area contributed by atoms with Crippen LogP contribution in [0.4, 0.5) is 5.69 Å². The van der Waals surface area contributed by atoms with Crippen LogP contribution in [0.1, 0.15) is 98.1 Å². The number of hydrogen-bond acceptors (Lipinski definition) is 4. The van der Waals surface area contributed by atoms with Gasteiger partial charge in [-0.1, -0.05) is 33.1 Å². The molecule has 5 heteroatoms. The van der Waals surface area contributed by atoms with Crippen molar-refractivity contribution >= 4 is 22.9 Å². The molecule has 0 bridgehead atoms. The highest BCUT2D eigenvalue weighted by atomic mass is 32.1. The lowest BCUT2D eigenvalue weighted by Gasteiger charge is -2.32. The van der Waals surface area contributed by atoms with Crippen LogP contribution in [0.5, 0.6) is 0 Å². The van der Waals surface area contributed by atoms with Gasteiger partial charge in [0.15, 0.2) is 0 Å². The number of hydrogen-bond donors (Lipinski definition) is 1. The van der Waals surface area contributed by atoms with Crippen molar-refractivity contribution < 1.29 is 4.79 Å². The van der Waals surface area contributed by atoms with E-state index in [0.29, 0.717) is 17.5 Å². The Labute approximate surface area is 172 Å². The summed E-state index contributed by atoms with van der Waals surface area (Å²) in [6.07, 6.45) is 13.6. The number of nitrogens with zero attached hydrogens (tertiary/aromatic N) is 2. The van der Waals surface area contributed by atoms with Crippen LogP contribution in [-0.4, -0.2) is 15.9 Å². The molecule has 1 unspecified atom stereocenters. The van der Waals surface area contributed by atoms with E-state index in [1.165, 1.54) is 56.9 Å². The topological polar surface area (TPSA) is 54.9 Å². The number of aromatic nitrogens is 2. The Hall–Kier alpha value is -1.75. The van der Waals surface area contributed by atoms with Gasteiger partial charge in [-0.05, 0) is 61.5 Å². The molecule has 4 nitrogen and oxygen atoms in total. The van der Waals surface area contributed by atoms with E-state index in [-0.39, 0.29) is 5.91 Å². The molecule has 0 saturated heterocycles. The SMILES string of the molecule is C[C@@H]1CC(c2ccncc2NC(=O)c2csc(C3CCCCC3)n2)C[C@H](C)C1. The van der Waals surface area contributed by atoms with Crippen LogP contribution in [0.2, 0.25) is 0 Å². The lowest BCUT2D eigenvalue weighted by molar-refractivity contribution is 0.102. The molecule has 0 aromatic carbocycles. The summed E-state index contributed by atoms with van der Waals surface area (Å²) in [7, 11) is 0. The summed E-state index contributed by atoms with van der Waals surface area (Å²) in [5.74, 6) is 2.37. The van der Waals surface area contributed by atoms with Crippen molar-refractivity contribution in [2.75, 3.05) is 5.32 Å². The van der Waals surface area contributed by atoms with Gasteiger partial charge in [-0.15, -0.1) is 11.3 Å². The first kappa shape index (κ1) is 19.6. The average Bonchev–Trinajstić information content (AvgIpc) is 3.19. The number of anilines is 1. The van der Waals surface area contributed by atoms with E-state index >= 15 is 0 Å². The minimum atomic E-state index is -0.107. The van der Waals surface area contributed by atoms with E-state index in [0.717, 1.165) is 22.5 Å². The molecule has 1 N–H and O–H groups in total. The van der Waals surface area contributed by atoms with Gasteiger partial charge in [0.2, 0.25) is 0 Å². The molecule has 0 aliphatic heterocycles. The zero-order valence-electron chi connectivity index (χ0n) is 17.0. The predicted molar refractivity (Wildman–Crippen MR) is 115 cm³/mol. The van der Waals surface area contributed by atoms with E-state index in [2.05, 4.69) is 35.2 Å². The lowest BCUT2D eigenvalue weighted by Crippen LogP contribution is -2.21. The number of pyridine rings is 1. The summed E-state index contributed by atoms with van der Waals surface area (Å²) in [4.78, 5) is 21.8. The fraction of sp³-hybridized carbons (Fsp3) is 0.609. The average molecular weight is 398 g/mol. The van der Waals surface area contributed by atoms with Gasteiger partial charge in [0, 0.05) is 17.5 Å². The number of carbonyl (C=O) groups excluding carboxylic acids is 1. The second kappa shape index (κ2) is 8.73.